The van der Waals surface area contributed by atoms with E-state index in [1.54, 1.807) is 12.1 Å². The highest BCUT2D eigenvalue weighted by Gasteiger charge is 2.41. The van der Waals surface area contributed by atoms with Gasteiger partial charge in [0.2, 0.25) is 10.0 Å². The second-order valence-electron chi connectivity index (χ2n) is 7.81. The highest BCUT2D eigenvalue weighted by Crippen LogP contribution is 2.57. The van der Waals surface area contributed by atoms with Crippen LogP contribution in [0.5, 0.6) is 0 Å². The molecule has 1 fully saturated rings. The Kier molecular flexibility index (Phi) is 4.24. The quantitative estimate of drug-likeness (QED) is 0.878. The van der Waals surface area contributed by atoms with Gasteiger partial charge in [-0.2, -0.15) is 0 Å². The molecule has 1 heterocycles. The zero-order chi connectivity index (χ0) is 18.4. The molecule has 4 rings (SSSR count). The standard InChI is InChI=1S/C21H24N2O2S/c1-15-4-9-20(23-14-15)19-13-21(10-2-3-11-21)12-18(19)16-5-7-17(8-6-16)26(22,24)25/h4-9,14H,2-3,10-13H2,1H3,(H2,22,24,25). The number of aromatic nitrogens is 1. The van der Waals surface area contributed by atoms with E-state index in [0.29, 0.717) is 5.41 Å². The molecule has 1 saturated carbocycles. The molecule has 1 spiro atoms. The van der Waals surface area contributed by atoms with Crippen LogP contribution in [0, 0.1) is 12.3 Å². The van der Waals surface area contributed by atoms with E-state index >= 15 is 0 Å². The van der Waals surface area contributed by atoms with E-state index in [9.17, 15) is 8.42 Å². The number of nitrogens with two attached hydrogens (primary N) is 1. The number of pyridine rings is 1. The summed E-state index contributed by atoms with van der Waals surface area (Å²) >= 11 is 0. The monoisotopic (exact) mass is 368 g/mol. The van der Waals surface area contributed by atoms with Crippen LogP contribution in [0.25, 0.3) is 11.1 Å². The summed E-state index contributed by atoms with van der Waals surface area (Å²) in [6.45, 7) is 2.05. The number of hydrogen-bond acceptors (Lipinski definition) is 3. The molecule has 2 aliphatic carbocycles. The SMILES string of the molecule is Cc1ccc(C2=C(c3ccc(S(N)(=O)=O)cc3)CC3(CCCC3)C2)nc1. The predicted octanol–water partition coefficient (Wildman–Crippen LogP) is 4.30. The molecule has 0 atom stereocenters. The van der Waals surface area contributed by atoms with Crippen LogP contribution >= 0.6 is 0 Å². The molecule has 136 valence electrons. The maximum Gasteiger partial charge on any atom is 0.238 e. The first-order valence-electron chi connectivity index (χ1n) is 9.15. The van der Waals surface area contributed by atoms with Crippen LogP contribution < -0.4 is 5.14 Å². The molecule has 0 bridgehead atoms. The van der Waals surface area contributed by atoms with Crippen LogP contribution in [0.3, 0.4) is 0 Å². The van der Waals surface area contributed by atoms with Crippen molar-refractivity contribution in [2.75, 3.05) is 0 Å². The van der Waals surface area contributed by atoms with Gasteiger partial charge in [0.15, 0.2) is 0 Å². The van der Waals surface area contributed by atoms with Gasteiger partial charge in [-0.15, -0.1) is 0 Å². The molecule has 1 aromatic carbocycles. The molecular weight excluding hydrogens is 344 g/mol. The Balaban J connectivity index is 1.78. The molecule has 0 radical (unpaired) electrons. The van der Waals surface area contributed by atoms with Crippen molar-refractivity contribution in [1.82, 2.24) is 4.98 Å². The molecule has 2 N–H and O–H groups in total. The Bertz CT molecular complexity index is 952. The average Bonchev–Trinajstić information content (AvgIpc) is 3.22. The fourth-order valence-corrected chi connectivity index (χ4v) is 5.03. The lowest BCUT2D eigenvalue weighted by Crippen LogP contribution is -2.12. The molecule has 5 heteroatoms. The minimum absolute atomic E-state index is 0.158. The summed E-state index contributed by atoms with van der Waals surface area (Å²) in [4.78, 5) is 4.83. The molecular formula is C21H24N2O2S. The Labute approximate surface area is 155 Å². The lowest BCUT2D eigenvalue weighted by molar-refractivity contribution is 0.329. The third kappa shape index (κ3) is 3.21. The minimum Gasteiger partial charge on any atom is -0.256 e. The minimum atomic E-state index is -3.66. The van der Waals surface area contributed by atoms with E-state index in [1.807, 2.05) is 25.3 Å². The van der Waals surface area contributed by atoms with Crippen molar-refractivity contribution in [3.05, 3.63) is 59.4 Å². The van der Waals surface area contributed by atoms with Gasteiger partial charge in [-0.05, 0) is 78.5 Å². The lowest BCUT2D eigenvalue weighted by atomic mass is 9.81. The van der Waals surface area contributed by atoms with Crippen molar-refractivity contribution >= 4 is 21.2 Å². The first-order chi connectivity index (χ1) is 12.4. The number of allylic oxidation sites excluding steroid dienone is 2. The van der Waals surface area contributed by atoms with Gasteiger partial charge in [0.05, 0.1) is 10.6 Å². The highest BCUT2D eigenvalue weighted by molar-refractivity contribution is 7.89. The summed E-state index contributed by atoms with van der Waals surface area (Å²) in [5.41, 5.74) is 6.26. The summed E-state index contributed by atoms with van der Waals surface area (Å²) < 4.78 is 23.1. The number of nitrogens with zero attached hydrogens (tertiary/aromatic N) is 1. The summed E-state index contributed by atoms with van der Waals surface area (Å²) in [6, 6.07) is 11.2. The lowest BCUT2D eigenvalue weighted by Gasteiger charge is -2.23. The van der Waals surface area contributed by atoms with Crippen molar-refractivity contribution in [1.29, 1.82) is 0 Å². The average molecular weight is 369 g/mol. The number of rotatable bonds is 3. The highest BCUT2D eigenvalue weighted by atomic mass is 32.2. The number of aryl methyl sites for hydroxylation is 1. The van der Waals surface area contributed by atoms with E-state index in [2.05, 4.69) is 17.1 Å². The zero-order valence-corrected chi connectivity index (χ0v) is 15.8. The summed E-state index contributed by atoms with van der Waals surface area (Å²) in [6.07, 6.45) is 9.16. The number of sulfonamides is 1. The fourth-order valence-electron chi connectivity index (χ4n) is 4.52. The van der Waals surface area contributed by atoms with Crippen LogP contribution in [0.4, 0.5) is 0 Å². The fraction of sp³-hybridized carbons (Fsp3) is 0.381. The van der Waals surface area contributed by atoms with Gasteiger partial charge in [0.25, 0.3) is 0 Å². The van der Waals surface area contributed by atoms with Gasteiger partial charge in [-0.25, -0.2) is 13.6 Å². The molecule has 0 aliphatic heterocycles. The van der Waals surface area contributed by atoms with E-state index in [1.165, 1.54) is 36.8 Å². The third-order valence-corrected chi connectivity index (χ3v) is 6.81. The van der Waals surface area contributed by atoms with Gasteiger partial charge in [-0.3, -0.25) is 4.98 Å². The van der Waals surface area contributed by atoms with Crippen molar-refractivity contribution in [3.8, 4) is 0 Å². The van der Waals surface area contributed by atoms with E-state index in [0.717, 1.165) is 29.7 Å². The Morgan fingerprint density at radius 1 is 0.962 bits per heavy atom. The van der Waals surface area contributed by atoms with E-state index in [-0.39, 0.29) is 4.90 Å². The molecule has 1 aromatic heterocycles. The smallest absolute Gasteiger partial charge is 0.238 e. The van der Waals surface area contributed by atoms with Crippen molar-refractivity contribution in [3.63, 3.8) is 0 Å². The maximum absolute atomic E-state index is 11.5. The normalized spacial score (nSPS) is 19.5. The molecule has 0 amide bonds. The first-order valence-corrected chi connectivity index (χ1v) is 10.7. The molecule has 0 unspecified atom stereocenters. The summed E-state index contributed by atoms with van der Waals surface area (Å²) in [7, 11) is -3.66. The van der Waals surface area contributed by atoms with Crippen LogP contribution in [0.1, 0.15) is 55.3 Å². The molecule has 2 aliphatic rings. The molecule has 26 heavy (non-hydrogen) atoms. The zero-order valence-electron chi connectivity index (χ0n) is 15.0. The molecule has 4 nitrogen and oxygen atoms in total. The van der Waals surface area contributed by atoms with E-state index < -0.39 is 10.0 Å². The number of benzene rings is 1. The van der Waals surface area contributed by atoms with Gasteiger partial charge in [0.1, 0.15) is 0 Å². The number of primary sulfonamides is 1. The first kappa shape index (κ1) is 17.4. The largest absolute Gasteiger partial charge is 0.256 e. The summed E-state index contributed by atoms with van der Waals surface area (Å²) in [5, 5.41) is 5.24. The maximum atomic E-state index is 11.5. The Morgan fingerprint density at radius 2 is 1.62 bits per heavy atom. The van der Waals surface area contributed by atoms with Gasteiger partial charge < -0.3 is 0 Å². The van der Waals surface area contributed by atoms with Crippen molar-refractivity contribution in [2.45, 2.75) is 50.3 Å². The topological polar surface area (TPSA) is 73.1 Å². The van der Waals surface area contributed by atoms with Gasteiger partial charge >= 0.3 is 0 Å². The van der Waals surface area contributed by atoms with Crippen LogP contribution in [-0.4, -0.2) is 13.4 Å². The van der Waals surface area contributed by atoms with Crippen molar-refractivity contribution < 1.29 is 8.42 Å². The van der Waals surface area contributed by atoms with Crippen LogP contribution in [-0.2, 0) is 10.0 Å². The molecule has 2 aromatic rings. The second-order valence-corrected chi connectivity index (χ2v) is 9.37. The van der Waals surface area contributed by atoms with Crippen molar-refractivity contribution in [2.24, 2.45) is 10.6 Å². The Morgan fingerprint density at radius 3 is 2.19 bits per heavy atom. The van der Waals surface area contributed by atoms with Gasteiger partial charge in [-0.1, -0.05) is 31.0 Å². The van der Waals surface area contributed by atoms with Crippen LogP contribution in [0.15, 0.2) is 47.5 Å². The van der Waals surface area contributed by atoms with E-state index in [4.69, 9.17) is 5.14 Å². The number of hydrogen-bond donors (Lipinski definition) is 1. The third-order valence-electron chi connectivity index (χ3n) is 5.88. The van der Waals surface area contributed by atoms with Gasteiger partial charge in [0, 0.05) is 6.20 Å². The predicted molar refractivity (Wildman–Crippen MR) is 104 cm³/mol. The Hall–Kier alpha value is -1.98. The van der Waals surface area contributed by atoms with Crippen LogP contribution in [0.2, 0.25) is 0 Å². The molecule has 0 saturated heterocycles. The second kappa shape index (κ2) is 6.32. The summed E-state index contributed by atoms with van der Waals surface area (Å²) in [5.74, 6) is 0.